The summed E-state index contributed by atoms with van der Waals surface area (Å²) in [5.41, 5.74) is 4.14. The van der Waals surface area contributed by atoms with Crippen LogP contribution in [-0.4, -0.2) is 29.0 Å². The second kappa shape index (κ2) is 10.9. The quantitative estimate of drug-likeness (QED) is 0.261. The summed E-state index contributed by atoms with van der Waals surface area (Å²) in [5.74, 6) is 1.53. The molecule has 0 unspecified atom stereocenters. The van der Waals surface area contributed by atoms with E-state index in [0.29, 0.717) is 58.1 Å². The van der Waals surface area contributed by atoms with Crippen LogP contribution in [0.5, 0.6) is 23.1 Å². The molecule has 0 bridgehead atoms. The Bertz CT molecular complexity index is 1600. The minimum absolute atomic E-state index is 0.183. The van der Waals surface area contributed by atoms with E-state index in [4.69, 9.17) is 25.8 Å². The molecule has 2 heterocycles. The van der Waals surface area contributed by atoms with Crippen molar-refractivity contribution in [2.45, 2.75) is 40.2 Å². The molecule has 0 saturated carbocycles. The molecule has 0 fully saturated rings. The van der Waals surface area contributed by atoms with Crippen LogP contribution < -0.4 is 25.1 Å². The van der Waals surface area contributed by atoms with Crippen LogP contribution in [0.1, 0.15) is 36.1 Å². The summed E-state index contributed by atoms with van der Waals surface area (Å²) in [5, 5.41) is 3.44. The van der Waals surface area contributed by atoms with Crippen molar-refractivity contribution in [3.8, 4) is 28.8 Å². The van der Waals surface area contributed by atoms with Gasteiger partial charge in [-0.15, -0.1) is 0 Å². The highest BCUT2D eigenvalue weighted by Crippen LogP contribution is 2.42. The predicted octanol–water partition coefficient (Wildman–Crippen LogP) is 5.91. The van der Waals surface area contributed by atoms with Crippen molar-refractivity contribution in [2.75, 3.05) is 19.0 Å². The number of rotatable bonds is 8. The molecule has 1 aromatic heterocycles. The molecule has 0 radical (unpaired) electrons. The number of carbonyl (C=O) groups excluding carboxylic acids is 1. The van der Waals surface area contributed by atoms with Gasteiger partial charge in [-0.2, -0.15) is 0 Å². The molecule has 1 N–H and O–H groups in total. The first kappa shape index (κ1) is 26.4. The molecule has 8 nitrogen and oxygen atoms in total. The van der Waals surface area contributed by atoms with Gasteiger partial charge in [-0.3, -0.25) is 9.59 Å². The maximum absolute atomic E-state index is 13.8. The maximum atomic E-state index is 13.8. The van der Waals surface area contributed by atoms with Crippen LogP contribution >= 0.6 is 11.6 Å². The molecule has 202 valence electrons. The maximum Gasteiger partial charge on any atom is 0.278 e. The lowest BCUT2D eigenvalue weighted by molar-refractivity contribution is -0.117. The van der Waals surface area contributed by atoms with E-state index in [9.17, 15) is 9.59 Å². The third-order valence-corrected chi connectivity index (χ3v) is 7.16. The van der Waals surface area contributed by atoms with E-state index in [1.165, 1.54) is 11.8 Å². The van der Waals surface area contributed by atoms with Gasteiger partial charge in [0, 0.05) is 23.1 Å². The first-order valence-corrected chi connectivity index (χ1v) is 13.2. The number of nitrogens with zero attached hydrogens (tertiary/aromatic N) is 2. The Labute approximate surface area is 231 Å². The van der Waals surface area contributed by atoms with Crippen molar-refractivity contribution < 1.29 is 19.0 Å². The van der Waals surface area contributed by atoms with Gasteiger partial charge in [0.1, 0.15) is 12.3 Å². The van der Waals surface area contributed by atoms with Crippen molar-refractivity contribution in [3.63, 3.8) is 0 Å². The zero-order chi connectivity index (χ0) is 27.7. The highest BCUT2D eigenvalue weighted by molar-refractivity contribution is 6.31. The van der Waals surface area contributed by atoms with Gasteiger partial charge in [0.05, 0.1) is 30.7 Å². The summed E-state index contributed by atoms with van der Waals surface area (Å²) in [6, 6.07) is 16.7. The molecule has 3 aromatic carbocycles. The van der Waals surface area contributed by atoms with E-state index in [0.717, 1.165) is 23.1 Å². The summed E-state index contributed by atoms with van der Waals surface area (Å²) in [6.07, 6.45) is 1.23. The minimum atomic E-state index is -0.362. The summed E-state index contributed by atoms with van der Waals surface area (Å²) in [7, 11) is 1.51. The van der Waals surface area contributed by atoms with Gasteiger partial charge in [-0.25, -0.2) is 9.36 Å². The lowest BCUT2D eigenvalue weighted by atomic mass is 10.0. The van der Waals surface area contributed by atoms with E-state index < -0.39 is 0 Å². The minimum Gasteiger partial charge on any atom is -0.495 e. The van der Waals surface area contributed by atoms with Crippen LogP contribution in [0.2, 0.25) is 5.02 Å². The van der Waals surface area contributed by atoms with Gasteiger partial charge in [0.15, 0.2) is 11.5 Å². The van der Waals surface area contributed by atoms with Gasteiger partial charge in [-0.1, -0.05) is 42.8 Å². The number of halogens is 1. The average Bonchev–Trinajstić information content (AvgIpc) is 3.19. The molecule has 0 spiro atoms. The fourth-order valence-corrected chi connectivity index (χ4v) is 4.89. The number of amides is 1. The highest BCUT2D eigenvalue weighted by Gasteiger charge is 2.31. The number of hydrogen-bond acceptors (Lipinski definition) is 5. The number of aromatic nitrogens is 2. The number of ether oxygens (including phenoxy) is 3. The summed E-state index contributed by atoms with van der Waals surface area (Å²) in [4.78, 5) is 27.2. The third kappa shape index (κ3) is 5.00. The molecule has 5 rings (SSSR count). The number of hydrogen-bond donors (Lipinski definition) is 1. The standard InChI is InChI=1S/C30H30ClN3O5/c1-5-19-10-12-21(13-11-19)34-29(36)22-15-20-8-7-9-25(38-6-2)28(20)39-30(22)33(34)17-27(35)32-24-14-18(3)23(31)16-26(24)37-4/h7-14,16H,5-6,15,17H2,1-4H3,(H,32,35). The Morgan fingerprint density at radius 1 is 1.10 bits per heavy atom. The number of anilines is 1. The van der Waals surface area contributed by atoms with Crippen LogP contribution in [0.15, 0.2) is 59.4 Å². The van der Waals surface area contributed by atoms with Crippen LogP contribution in [0.25, 0.3) is 5.69 Å². The van der Waals surface area contributed by atoms with Crippen LogP contribution in [-0.2, 0) is 24.2 Å². The van der Waals surface area contributed by atoms with Crippen molar-refractivity contribution in [3.05, 3.63) is 92.2 Å². The highest BCUT2D eigenvalue weighted by atomic mass is 35.5. The normalized spacial score (nSPS) is 11.8. The SMILES string of the molecule is CCOc1cccc2c1Oc1c(c(=O)n(-c3ccc(CC)cc3)n1CC(=O)Nc1cc(C)c(Cl)cc1OC)C2. The number of fused-ring (bicyclic) bond motifs is 2. The number of methoxy groups -OCH3 is 1. The lowest BCUT2D eigenvalue weighted by Gasteiger charge is -2.22. The molecule has 1 aliphatic heterocycles. The zero-order valence-corrected chi connectivity index (χ0v) is 23.1. The van der Waals surface area contributed by atoms with E-state index >= 15 is 0 Å². The summed E-state index contributed by atoms with van der Waals surface area (Å²) < 4.78 is 20.6. The topological polar surface area (TPSA) is 83.7 Å². The smallest absolute Gasteiger partial charge is 0.278 e. The molecule has 39 heavy (non-hydrogen) atoms. The second-order valence-electron chi connectivity index (χ2n) is 9.28. The van der Waals surface area contributed by atoms with E-state index in [2.05, 4.69) is 12.2 Å². The lowest BCUT2D eigenvalue weighted by Crippen LogP contribution is -2.27. The Balaban J connectivity index is 1.59. The van der Waals surface area contributed by atoms with E-state index in [1.54, 1.807) is 16.8 Å². The number of para-hydroxylation sites is 1. The van der Waals surface area contributed by atoms with Gasteiger partial charge in [0.2, 0.25) is 11.8 Å². The van der Waals surface area contributed by atoms with Gasteiger partial charge < -0.3 is 19.5 Å². The number of carbonyl (C=O) groups is 1. The predicted molar refractivity (Wildman–Crippen MR) is 151 cm³/mol. The zero-order valence-electron chi connectivity index (χ0n) is 22.3. The number of aryl methyl sites for hydroxylation is 2. The van der Waals surface area contributed by atoms with Gasteiger partial charge in [0.25, 0.3) is 5.56 Å². The monoisotopic (exact) mass is 547 g/mol. The largest absolute Gasteiger partial charge is 0.495 e. The van der Waals surface area contributed by atoms with E-state index in [-0.39, 0.29) is 18.0 Å². The van der Waals surface area contributed by atoms with Crippen LogP contribution in [0.3, 0.4) is 0 Å². The Hall–Kier alpha value is -4.17. The third-order valence-electron chi connectivity index (χ3n) is 6.75. The molecular weight excluding hydrogens is 518 g/mol. The van der Waals surface area contributed by atoms with Gasteiger partial charge in [-0.05, 0) is 55.7 Å². The van der Waals surface area contributed by atoms with Crippen molar-refractivity contribution in [2.24, 2.45) is 0 Å². The fraction of sp³-hybridized carbons (Fsp3) is 0.267. The van der Waals surface area contributed by atoms with Crippen molar-refractivity contribution in [1.29, 1.82) is 0 Å². The van der Waals surface area contributed by atoms with Crippen molar-refractivity contribution in [1.82, 2.24) is 9.36 Å². The second-order valence-corrected chi connectivity index (χ2v) is 9.69. The number of benzene rings is 3. The molecule has 4 aromatic rings. The molecule has 0 aliphatic carbocycles. The molecule has 1 amide bonds. The van der Waals surface area contributed by atoms with E-state index in [1.807, 2.05) is 56.3 Å². The van der Waals surface area contributed by atoms with Crippen LogP contribution in [0.4, 0.5) is 5.69 Å². The first-order valence-electron chi connectivity index (χ1n) is 12.8. The fourth-order valence-electron chi connectivity index (χ4n) is 4.74. The molecule has 0 saturated heterocycles. The van der Waals surface area contributed by atoms with Crippen molar-refractivity contribution >= 4 is 23.2 Å². The first-order chi connectivity index (χ1) is 18.8. The molecule has 9 heteroatoms. The molecular formula is C30H30ClN3O5. The Morgan fingerprint density at radius 2 is 1.87 bits per heavy atom. The Morgan fingerprint density at radius 3 is 2.56 bits per heavy atom. The Kier molecular flexibility index (Phi) is 7.39. The summed E-state index contributed by atoms with van der Waals surface area (Å²) in [6.45, 7) is 6.10. The molecule has 1 aliphatic rings. The summed E-state index contributed by atoms with van der Waals surface area (Å²) >= 11 is 6.24. The number of nitrogens with one attached hydrogen (secondary N) is 1. The molecule has 0 atom stereocenters. The van der Waals surface area contributed by atoms with Crippen LogP contribution in [0, 0.1) is 6.92 Å². The van der Waals surface area contributed by atoms with Gasteiger partial charge >= 0.3 is 0 Å². The average molecular weight is 548 g/mol.